The average molecular weight is 284 g/mol. The van der Waals surface area contributed by atoms with Crippen LogP contribution in [0.2, 0.25) is 0 Å². The second-order valence-electron chi connectivity index (χ2n) is 5.48. The minimum atomic E-state index is -3.55. The number of benzene rings is 1. The molecular formula is C14H18F2N2O2. The summed E-state index contributed by atoms with van der Waals surface area (Å²) < 4.78 is 34.6. The van der Waals surface area contributed by atoms with Gasteiger partial charge in [0.25, 0.3) is 0 Å². The van der Waals surface area contributed by atoms with E-state index >= 15 is 0 Å². The molecule has 0 saturated carbocycles. The Hall–Kier alpha value is -1.56. The third kappa shape index (κ3) is 2.95. The SMILES string of the molecule is CN1CCCC(CNc2ccc3c(c2)OC(F)(F)O3)C1. The van der Waals surface area contributed by atoms with Gasteiger partial charge < -0.3 is 19.7 Å². The summed E-state index contributed by atoms with van der Waals surface area (Å²) in [5, 5.41) is 3.28. The zero-order valence-corrected chi connectivity index (χ0v) is 11.4. The van der Waals surface area contributed by atoms with Crippen LogP contribution in [0, 0.1) is 5.92 Å². The molecule has 1 unspecified atom stereocenters. The number of nitrogens with one attached hydrogen (secondary N) is 1. The highest BCUT2D eigenvalue weighted by Gasteiger charge is 2.43. The van der Waals surface area contributed by atoms with E-state index in [9.17, 15) is 8.78 Å². The first kappa shape index (κ1) is 13.4. The molecule has 0 aromatic heterocycles. The molecule has 110 valence electrons. The Morgan fingerprint density at radius 1 is 1.35 bits per heavy atom. The normalized spacial score (nSPS) is 24.6. The zero-order valence-electron chi connectivity index (χ0n) is 11.4. The van der Waals surface area contributed by atoms with Crippen molar-refractivity contribution in [3.8, 4) is 11.5 Å². The quantitative estimate of drug-likeness (QED) is 0.925. The molecule has 2 heterocycles. The molecule has 1 aromatic rings. The molecule has 20 heavy (non-hydrogen) atoms. The molecule has 2 aliphatic heterocycles. The van der Waals surface area contributed by atoms with Gasteiger partial charge in [-0.05, 0) is 44.5 Å². The number of hydrogen-bond acceptors (Lipinski definition) is 4. The smallest absolute Gasteiger partial charge is 0.395 e. The zero-order chi connectivity index (χ0) is 14.2. The molecule has 1 fully saturated rings. The molecule has 0 spiro atoms. The minimum Gasteiger partial charge on any atom is -0.395 e. The van der Waals surface area contributed by atoms with E-state index in [0.29, 0.717) is 5.92 Å². The lowest BCUT2D eigenvalue weighted by Crippen LogP contribution is -2.35. The average Bonchev–Trinajstić information content (AvgIpc) is 2.69. The molecule has 1 aromatic carbocycles. The van der Waals surface area contributed by atoms with Gasteiger partial charge in [-0.25, -0.2) is 0 Å². The number of ether oxygens (including phenoxy) is 2. The Kier molecular flexibility index (Phi) is 3.41. The fourth-order valence-electron chi connectivity index (χ4n) is 2.76. The largest absolute Gasteiger partial charge is 0.586 e. The van der Waals surface area contributed by atoms with Gasteiger partial charge in [-0.1, -0.05) is 0 Å². The summed E-state index contributed by atoms with van der Waals surface area (Å²) in [6.07, 6.45) is -1.15. The van der Waals surface area contributed by atoms with Crippen LogP contribution in [-0.2, 0) is 0 Å². The number of hydrogen-bond donors (Lipinski definition) is 1. The summed E-state index contributed by atoms with van der Waals surface area (Å²) in [7, 11) is 2.12. The van der Waals surface area contributed by atoms with E-state index in [1.54, 1.807) is 12.1 Å². The molecule has 1 N–H and O–H groups in total. The van der Waals surface area contributed by atoms with Crippen LogP contribution in [0.4, 0.5) is 14.5 Å². The maximum atomic E-state index is 12.9. The maximum Gasteiger partial charge on any atom is 0.586 e. The van der Waals surface area contributed by atoms with Crippen LogP contribution >= 0.6 is 0 Å². The Labute approximate surface area is 116 Å². The van der Waals surface area contributed by atoms with Crippen LogP contribution < -0.4 is 14.8 Å². The number of likely N-dealkylation sites (tertiary alicyclic amines) is 1. The molecule has 0 radical (unpaired) electrons. The van der Waals surface area contributed by atoms with Gasteiger partial charge in [-0.15, -0.1) is 8.78 Å². The third-order valence-corrected chi connectivity index (χ3v) is 3.72. The number of anilines is 1. The van der Waals surface area contributed by atoms with Crippen molar-refractivity contribution in [3.05, 3.63) is 18.2 Å². The van der Waals surface area contributed by atoms with Gasteiger partial charge in [-0.3, -0.25) is 0 Å². The molecule has 0 aliphatic carbocycles. The lowest BCUT2D eigenvalue weighted by molar-refractivity contribution is -0.286. The Morgan fingerprint density at radius 3 is 2.95 bits per heavy atom. The van der Waals surface area contributed by atoms with Crippen molar-refractivity contribution >= 4 is 5.69 Å². The van der Waals surface area contributed by atoms with Gasteiger partial charge in [0.15, 0.2) is 11.5 Å². The van der Waals surface area contributed by atoms with E-state index in [1.165, 1.54) is 18.9 Å². The van der Waals surface area contributed by atoms with Gasteiger partial charge in [0.1, 0.15) is 0 Å². The van der Waals surface area contributed by atoms with Crippen LogP contribution in [0.1, 0.15) is 12.8 Å². The van der Waals surface area contributed by atoms with Crippen LogP contribution in [0.3, 0.4) is 0 Å². The first-order valence-corrected chi connectivity index (χ1v) is 6.84. The highest BCUT2D eigenvalue weighted by molar-refractivity contribution is 5.55. The Morgan fingerprint density at radius 2 is 2.15 bits per heavy atom. The summed E-state index contributed by atoms with van der Waals surface area (Å²) in [6, 6.07) is 4.80. The molecule has 1 atom stereocenters. The summed E-state index contributed by atoms with van der Waals surface area (Å²) in [5.41, 5.74) is 0.776. The monoisotopic (exact) mass is 284 g/mol. The third-order valence-electron chi connectivity index (χ3n) is 3.72. The van der Waals surface area contributed by atoms with E-state index in [0.717, 1.165) is 25.3 Å². The van der Waals surface area contributed by atoms with Crippen molar-refractivity contribution < 1.29 is 18.3 Å². The number of nitrogens with zero attached hydrogens (tertiary/aromatic N) is 1. The highest BCUT2D eigenvalue weighted by Crippen LogP contribution is 2.42. The summed E-state index contributed by atoms with van der Waals surface area (Å²) >= 11 is 0. The molecule has 0 amide bonds. The summed E-state index contributed by atoms with van der Waals surface area (Å²) in [6.45, 7) is 3.05. The van der Waals surface area contributed by atoms with Gasteiger partial charge in [0.2, 0.25) is 0 Å². The lowest BCUT2D eigenvalue weighted by atomic mass is 9.98. The van der Waals surface area contributed by atoms with Crippen LogP contribution in [-0.4, -0.2) is 37.9 Å². The van der Waals surface area contributed by atoms with E-state index in [2.05, 4.69) is 26.7 Å². The van der Waals surface area contributed by atoms with Crippen molar-refractivity contribution in [3.63, 3.8) is 0 Å². The number of halogens is 2. The van der Waals surface area contributed by atoms with Crippen molar-refractivity contribution in [1.29, 1.82) is 0 Å². The first-order chi connectivity index (χ1) is 9.52. The van der Waals surface area contributed by atoms with Crippen molar-refractivity contribution in [2.45, 2.75) is 19.1 Å². The first-order valence-electron chi connectivity index (χ1n) is 6.84. The predicted molar refractivity (Wildman–Crippen MR) is 71.4 cm³/mol. The van der Waals surface area contributed by atoms with Crippen LogP contribution in [0.25, 0.3) is 0 Å². The fraction of sp³-hybridized carbons (Fsp3) is 0.571. The lowest BCUT2D eigenvalue weighted by Gasteiger charge is -2.29. The number of fused-ring (bicyclic) bond motifs is 1. The predicted octanol–water partition coefficient (Wildman–Crippen LogP) is 2.76. The topological polar surface area (TPSA) is 33.7 Å². The van der Waals surface area contributed by atoms with Crippen LogP contribution in [0.15, 0.2) is 18.2 Å². The van der Waals surface area contributed by atoms with Crippen molar-refractivity contribution in [2.75, 3.05) is 32.0 Å². The Balaban J connectivity index is 1.59. The summed E-state index contributed by atoms with van der Waals surface area (Å²) in [5.74, 6) is 0.749. The van der Waals surface area contributed by atoms with Gasteiger partial charge in [-0.2, -0.15) is 0 Å². The maximum absolute atomic E-state index is 12.9. The number of piperidine rings is 1. The standard InChI is InChI=1S/C14H18F2N2O2/c1-18-6-2-3-10(9-18)8-17-11-4-5-12-13(7-11)20-14(15,16)19-12/h4-5,7,10,17H,2-3,6,8-9H2,1H3. The second kappa shape index (κ2) is 5.09. The molecule has 4 nitrogen and oxygen atoms in total. The van der Waals surface area contributed by atoms with Crippen molar-refractivity contribution in [2.24, 2.45) is 5.92 Å². The van der Waals surface area contributed by atoms with Gasteiger partial charge >= 0.3 is 6.29 Å². The summed E-state index contributed by atoms with van der Waals surface area (Å²) in [4.78, 5) is 2.32. The van der Waals surface area contributed by atoms with E-state index in [1.807, 2.05) is 0 Å². The second-order valence-corrected chi connectivity index (χ2v) is 5.48. The molecule has 1 saturated heterocycles. The van der Waals surface area contributed by atoms with Gasteiger partial charge in [0.05, 0.1) is 0 Å². The van der Waals surface area contributed by atoms with E-state index in [4.69, 9.17) is 0 Å². The van der Waals surface area contributed by atoms with Gasteiger partial charge in [0, 0.05) is 24.8 Å². The molecule has 2 aliphatic rings. The number of alkyl halides is 2. The van der Waals surface area contributed by atoms with Crippen LogP contribution in [0.5, 0.6) is 11.5 Å². The molecule has 0 bridgehead atoms. The van der Waals surface area contributed by atoms with Crippen molar-refractivity contribution in [1.82, 2.24) is 4.90 Å². The Bertz CT molecular complexity index is 496. The molecule has 6 heteroatoms. The van der Waals surface area contributed by atoms with E-state index in [-0.39, 0.29) is 11.5 Å². The molecular weight excluding hydrogens is 266 g/mol. The minimum absolute atomic E-state index is 0.0814. The highest BCUT2D eigenvalue weighted by atomic mass is 19.3. The fourth-order valence-corrected chi connectivity index (χ4v) is 2.76. The molecule has 3 rings (SSSR count). The van der Waals surface area contributed by atoms with E-state index < -0.39 is 6.29 Å². The number of rotatable bonds is 3.